The van der Waals surface area contributed by atoms with Crippen molar-refractivity contribution in [3.63, 3.8) is 0 Å². The molecule has 0 spiro atoms. The Balaban J connectivity index is 1.99. The first-order valence-electron chi connectivity index (χ1n) is 7.16. The second-order valence-electron chi connectivity index (χ2n) is 5.09. The Labute approximate surface area is 115 Å². The number of anilines is 2. The van der Waals surface area contributed by atoms with Crippen molar-refractivity contribution in [2.45, 2.75) is 39.2 Å². The summed E-state index contributed by atoms with van der Waals surface area (Å²) in [6, 6.07) is 1.98. The highest BCUT2D eigenvalue weighted by Gasteiger charge is 2.17. The van der Waals surface area contributed by atoms with Gasteiger partial charge in [-0.3, -0.25) is 0 Å². The van der Waals surface area contributed by atoms with Crippen LogP contribution in [-0.2, 0) is 11.3 Å². The standard InChI is InChI=1S/C14H24N4O/c1-3-7-15-12-8-13(16-9-11-5-4-6-11)18-14(17-12)10-19-2/h8,11H,3-7,9-10H2,1-2H3,(H2,15,16,17,18). The molecule has 1 aromatic rings. The average molecular weight is 264 g/mol. The molecule has 0 aliphatic heterocycles. The minimum absolute atomic E-state index is 0.444. The van der Waals surface area contributed by atoms with Gasteiger partial charge in [0, 0.05) is 26.3 Å². The van der Waals surface area contributed by atoms with Crippen molar-refractivity contribution in [1.29, 1.82) is 0 Å². The summed E-state index contributed by atoms with van der Waals surface area (Å²) in [5.41, 5.74) is 0. The van der Waals surface area contributed by atoms with Crippen LogP contribution < -0.4 is 10.6 Å². The molecule has 0 bridgehead atoms. The number of hydrogen-bond donors (Lipinski definition) is 2. The average Bonchev–Trinajstić information content (AvgIpc) is 2.35. The molecule has 1 heterocycles. The first kappa shape index (κ1) is 14.1. The molecule has 1 aliphatic rings. The summed E-state index contributed by atoms with van der Waals surface area (Å²) in [6.45, 7) is 4.52. The van der Waals surface area contributed by atoms with Crippen molar-refractivity contribution in [2.75, 3.05) is 30.8 Å². The Bertz CT molecular complexity index is 393. The summed E-state index contributed by atoms with van der Waals surface area (Å²) in [5.74, 6) is 3.31. The minimum Gasteiger partial charge on any atom is -0.377 e. The maximum atomic E-state index is 5.12. The fraction of sp³-hybridized carbons (Fsp3) is 0.714. The van der Waals surface area contributed by atoms with Crippen LogP contribution in [0.25, 0.3) is 0 Å². The Morgan fingerprint density at radius 3 is 2.58 bits per heavy atom. The van der Waals surface area contributed by atoms with E-state index in [0.29, 0.717) is 6.61 Å². The van der Waals surface area contributed by atoms with Crippen LogP contribution in [0.2, 0.25) is 0 Å². The highest BCUT2D eigenvalue weighted by molar-refractivity contribution is 5.47. The molecule has 19 heavy (non-hydrogen) atoms. The zero-order chi connectivity index (χ0) is 13.5. The maximum Gasteiger partial charge on any atom is 0.158 e. The summed E-state index contributed by atoms with van der Waals surface area (Å²) >= 11 is 0. The van der Waals surface area contributed by atoms with Crippen LogP contribution in [-0.4, -0.2) is 30.2 Å². The molecule has 106 valence electrons. The summed E-state index contributed by atoms with van der Waals surface area (Å²) in [4.78, 5) is 8.91. The molecule has 1 aliphatic carbocycles. The Morgan fingerprint density at radius 1 is 1.26 bits per heavy atom. The van der Waals surface area contributed by atoms with E-state index in [1.165, 1.54) is 19.3 Å². The van der Waals surface area contributed by atoms with Crippen LogP contribution in [0.4, 0.5) is 11.6 Å². The lowest BCUT2D eigenvalue weighted by atomic mass is 9.85. The Kier molecular flexibility index (Phi) is 5.39. The second kappa shape index (κ2) is 7.28. The van der Waals surface area contributed by atoms with Crippen molar-refractivity contribution >= 4 is 11.6 Å². The Morgan fingerprint density at radius 2 is 2.00 bits per heavy atom. The third kappa shape index (κ3) is 4.35. The zero-order valence-corrected chi connectivity index (χ0v) is 11.9. The highest BCUT2D eigenvalue weighted by Crippen LogP contribution is 2.26. The molecule has 0 aromatic carbocycles. The van der Waals surface area contributed by atoms with Crippen molar-refractivity contribution < 1.29 is 4.74 Å². The molecule has 1 fully saturated rings. The van der Waals surface area contributed by atoms with Crippen molar-refractivity contribution in [1.82, 2.24) is 9.97 Å². The molecule has 0 atom stereocenters. The quantitative estimate of drug-likeness (QED) is 0.756. The van der Waals surface area contributed by atoms with Crippen LogP contribution in [0.15, 0.2) is 6.07 Å². The smallest absolute Gasteiger partial charge is 0.158 e. The molecule has 5 nitrogen and oxygen atoms in total. The third-order valence-corrected chi connectivity index (χ3v) is 3.40. The van der Waals surface area contributed by atoms with E-state index >= 15 is 0 Å². The molecule has 1 aromatic heterocycles. The lowest BCUT2D eigenvalue weighted by molar-refractivity contribution is 0.178. The number of nitrogens with zero attached hydrogens (tertiary/aromatic N) is 2. The third-order valence-electron chi connectivity index (χ3n) is 3.40. The van der Waals surface area contributed by atoms with Gasteiger partial charge in [-0.2, -0.15) is 0 Å². The molecule has 0 amide bonds. The van der Waals surface area contributed by atoms with E-state index in [-0.39, 0.29) is 0 Å². The van der Waals surface area contributed by atoms with E-state index in [9.17, 15) is 0 Å². The second-order valence-corrected chi connectivity index (χ2v) is 5.09. The van der Waals surface area contributed by atoms with Crippen molar-refractivity contribution in [3.8, 4) is 0 Å². The van der Waals surface area contributed by atoms with E-state index < -0.39 is 0 Å². The van der Waals surface area contributed by atoms with E-state index in [4.69, 9.17) is 4.74 Å². The van der Waals surface area contributed by atoms with Gasteiger partial charge in [-0.05, 0) is 25.2 Å². The number of rotatable bonds is 8. The highest BCUT2D eigenvalue weighted by atomic mass is 16.5. The van der Waals surface area contributed by atoms with Crippen LogP contribution in [0.3, 0.4) is 0 Å². The number of ether oxygens (including phenoxy) is 1. The van der Waals surface area contributed by atoms with E-state index in [2.05, 4.69) is 27.5 Å². The summed E-state index contributed by atoms with van der Waals surface area (Å²) in [6.07, 6.45) is 5.12. The number of nitrogens with one attached hydrogen (secondary N) is 2. The predicted octanol–water partition coefficient (Wildman–Crippen LogP) is 2.66. The first-order chi connectivity index (χ1) is 9.31. The van der Waals surface area contributed by atoms with Crippen LogP contribution in [0, 0.1) is 5.92 Å². The first-order valence-corrected chi connectivity index (χ1v) is 7.16. The fourth-order valence-corrected chi connectivity index (χ4v) is 2.07. The van der Waals surface area contributed by atoms with Gasteiger partial charge in [-0.25, -0.2) is 9.97 Å². The topological polar surface area (TPSA) is 59.1 Å². The van der Waals surface area contributed by atoms with Crippen LogP contribution in [0.1, 0.15) is 38.4 Å². The molecule has 2 N–H and O–H groups in total. The lowest BCUT2D eigenvalue weighted by Gasteiger charge is -2.25. The Hall–Kier alpha value is -1.36. The molecular formula is C14H24N4O. The van der Waals surface area contributed by atoms with Gasteiger partial charge in [0.2, 0.25) is 0 Å². The summed E-state index contributed by atoms with van der Waals surface area (Å²) < 4.78 is 5.12. The largest absolute Gasteiger partial charge is 0.377 e. The van der Waals surface area contributed by atoms with Crippen LogP contribution >= 0.6 is 0 Å². The zero-order valence-electron chi connectivity index (χ0n) is 11.9. The van der Waals surface area contributed by atoms with Gasteiger partial charge in [-0.15, -0.1) is 0 Å². The van der Waals surface area contributed by atoms with Crippen molar-refractivity contribution in [3.05, 3.63) is 11.9 Å². The molecule has 5 heteroatoms. The van der Waals surface area contributed by atoms with Gasteiger partial charge in [0.25, 0.3) is 0 Å². The minimum atomic E-state index is 0.444. The van der Waals surface area contributed by atoms with Gasteiger partial charge < -0.3 is 15.4 Å². The van der Waals surface area contributed by atoms with Crippen LogP contribution in [0.5, 0.6) is 0 Å². The van der Waals surface area contributed by atoms with E-state index in [1.54, 1.807) is 7.11 Å². The number of hydrogen-bond acceptors (Lipinski definition) is 5. The number of methoxy groups -OCH3 is 1. The number of aromatic nitrogens is 2. The summed E-state index contributed by atoms with van der Waals surface area (Å²) in [7, 11) is 1.66. The molecular weight excluding hydrogens is 240 g/mol. The molecule has 1 saturated carbocycles. The van der Waals surface area contributed by atoms with Gasteiger partial charge in [0.1, 0.15) is 18.2 Å². The van der Waals surface area contributed by atoms with Gasteiger partial charge >= 0.3 is 0 Å². The predicted molar refractivity (Wildman–Crippen MR) is 77.4 cm³/mol. The normalized spacial score (nSPS) is 15.1. The molecule has 2 rings (SSSR count). The van der Waals surface area contributed by atoms with Crippen molar-refractivity contribution in [2.24, 2.45) is 5.92 Å². The monoisotopic (exact) mass is 264 g/mol. The van der Waals surface area contributed by atoms with Gasteiger partial charge in [0.15, 0.2) is 5.82 Å². The molecule has 0 unspecified atom stereocenters. The maximum absolute atomic E-state index is 5.12. The lowest BCUT2D eigenvalue weighted by Crippen LogP contribution is -2.21. The molecule has 0 radical (unpaired) electrons. The van der Waals surface area contributed by atoms with E-state index in [0.717, 1.165) is 42.9 Å². The summed E-state index contributed by atoms with van der Waals surface area (Å²) in [5, 5.41) is 6.72. The van der Waals surface area contributed by atoms with Gasteiger partial charge in [0.05, 0.1) is 0 Å². The molecule has 0 saturated heterocycles. The fourth-order valence-electron chi connectivity index (χ4n) is 2.07. The van der Waals surface area contributed by atoms with Gasteiger partial charge in [-0.1, -0.05) is 13.3 Å². The SMILES string of the molecule is CCCNc1cc(NCC2CCC2)nc(COC)n1. The van der Waals surface area contributed by atoms with E-state index in [1.807, 2.05) is 6.07 Å².